The number of nitrogens with one attached hydrogen (secondary N) is 1. The quantitative estimate of drug-likeness (QED) is 0.355. The second kappa shape index (κ2) is 8.70. The molecule has 2 aromatic carbocycles. The number of fused-ring (bicyclic) bond motifs is 1. The Morgan fingerprint density at radius 1 is 1.35 bits per heavy atom. The van der Waals surface area contributed by atoms with Crippen LogP contribution in [0.25, 0.3) is 11.3 Å². The van der Waals surface area contributed by atoms with Crippen molar-refractivity contribution in [3.63, 3.8) is 0 Å². The average molecular weight is 458 g/mol. The molecule has 1 aliphatic heterocycles. The first-order valence-electron chi connectivity index (χ1n) is 9.22. The van der Waals surface area contributed by atoms with Gasteiger partial charge in [0.1, 0.15) is 10.8 Å². The topological polar surface area (TPSA) is 111 Å². The van der Waals surface area contributed by atoms with Crippen molar-refractivity contribution in [2.75, 3.05) is 18.5 Å². The molecule has 0 saturated heterocycles. The lowest BCUT2D eigenvalue weighted by molar-refractivity contribution is -0.384. The van der Waals surface area contributed by atoms with Gasteiger partial charge in [-0.15, -0.1) is 11.3 Å². The zero-order chi connectivity index (χ0) is 22.0. The van der Waals surface area contributed by atoms with Gasteiger partial charge in [-0.05, 0) is 31.2 Å². The molecule has 1 amide bonds. The summed E-state index contributed by atoms with van der Waals surface area (Å²) in [5, 5.41) is 20.4. The first-order valence-corrected chi connectivity index (χ1v) is 10.5. The van der Waals surface area contributed by atoms with Gasteiger partial charge in [0.15, 0.2) is 6.61 Å². The Morgan fingerprint density at radius 3 is 2.97 bits per heavy atom. The third kappa shape index (κ3) is 4.35. The van der Waals surface area contributed by atoms with E-state index >= 15 is 0 Å². The number of rotatable bonds is 5. The lowest BCUT2D eigenvalue weighted by Crippen LogP contribution is -2.25. The van der Waals surface area contributed by atoms with Gasteiger partial charge in [-0.2, -0.15) is 5.10 Å². The average Bonchev–Trinajstić information content (AvgIpc) is 3.15. The second-order valence-corrected chi connectivity index (χ2v) is 7.69. The summed E-state index contributed by atoms with van der Waals surface area (Å²) in [5.41, 5.74) is 2.47. The number of hydrogen-bond donors (Lipinski definition) is 1. The van der Waals surface area contributed by atoms with Crippen molar-refractivity contribution in [1.82, 2.24) is 4.68 Å². The zero-order valence-corrected chi connectivity index (χ0v) is 17.8. The van der Waals surface area contributed by atoms with Crippen LogP contribution >= 0.6 is 22.9 Å². The molecule has 1 aliphatic rings. The summed E-state index contributed by atoms with van der Waals surface area (Å²) in [5.74, 6) is 0.382. The van der Waals surface area contributed by atoms with E-state index in [0.717, 1.165) is 11.3 Å². The molecular formula is C20H16ClN5O4S. The molecule has 1 N–H and O–H groups in total. The maximum atomic E-state index is 11.7. The number of nitro benzene ring substituents is 1. The van der Waals surface area contributed by atoms with E-state index in [1.807, 2.05) is 24.4 Å². The highest BCUT2D eigenvalue weighted by atomic mass is 35.5. The van der Waals surface area contributed by atoms with Crippen LogP contribution < -0.4 is 14.9 Å². The fourth-order valence-corrected chi connectivity index (χ4v) is 4.06. The standard InChI is InChI=1S/C20H16ClN5O4S/c1-2-22-20-25(23-9-12-3-5-14(21)16(7-12)26(28)29)17(11-31-20)13-4-6-18-15(8-13)24-19(27)10-30-18/h3-9,11H,2,10H2,1H3,(H,24,27). The largest absolute Gasteiger partial charge is 0.482 e. The SMILES string of the molecule is CCN=c1scc(-c2ccc3c(c2)NC(=O)CO3)n1N=Cc1ccc(Cl)c([N+](=O)[O-])c1. The third-order valence-electron chi connectivity index (χ3n) is 4.38. The molecule has 0 bridgehead atoms. The fraction of sp³-hybridized carbons (Fsp3) is 0.150. The van der Waals surface area contributed by atoms with Crippen LogP contribution in [-0.2, 0) is 4.79 Å². The Balaban J connectivity index is 1.76. The first kappa shape index (κ1) is 20.8. The van der Waals surface area contributed by atoms with E-state index in [4.69, 9.17) is 16.3 Å². The number of ether oxygens (including phenoxy) is 1. The van der Waals surface area contributed by atoms with E-state index in [1.165, 1.54) is 29.7 Å². The highest BCUT2D eigenvalue weighted by molar-refractivity contribution is 7.07. The van der Waals surface area contributed by atoms with Crippen LogP contribution in [0.5, 0.6) is 5.75 Å². The number of nitrogens with zero attached hydrogens (tertiary/aromatic N) is 4. The summed E-state index contributed by atoms with van der Waals surface area (Å²) in [6.07, 6.45) is 1.51. The highest BCUT2D eigenvalue weighted by Gasteiger charge is 2.18. The molecule has 0 saturated carbocycles. The van der Waals surface area contributed by atoms with E-state index in [1.54, 1.807) is 16.8 Å². The van der Waals surface area contributed by atoms with Crippen LogP contribution in [0, 0.1) is 10.1 Å². The van der Waals surface area contributed by atoms with Crippen LogP contribution in [0.2, 0.25) is 5.02 Å². The summed E-state index contributed by atoms with van der Waals surface area (Å²) < 4.78 is 7.07. The minimum atomic E-state index is -0.538. The van der Waals surface area contributed by atoms with Crippen molar-refractivity contribution in [1.29, 1.82) is 0 Å². The number of hydrogen-bond acceptors (Lipinski definition) is 7. The van der Waals surface area contributed by atoms with Crippen LogP contribution in [0.3, 0.4) is 0 Å². The lowest BCUT2D eigenvalue weighted by atomic mass is 10.1. The first-order chi connectivity index (χ1) is 15.0. The van der Waals surface area contributed by atoms with Gasteiger partial charge < -0.3 is 10.1 Å². The summed E-state index contributed by atoms with van der Waals surface area (Å²) >= 11 is 7.30. The number of thiazole rings is 1. The van der Waals surface area contributed by atoms with Gasteiger partial charge in [0.05, 0.1) is 22.5 Å². The van der Waals surface area contributed by atoms with Crippen LogP contribution in [0.15, 0.2) is 51.9 Å². The van der Waals surface area contributed by atoms with Crippen molar-refractivity contribution in [3.8, 4) is 17.0 Å². The molecule has 0 unspecified atom stereocenters. The summed E-state index contributed by atoms with van der Waals surface area (Å²) in [4.78, 5) is 27.4. The van der Waals surface area contributed by atoms with Gasteiger partial charge >= 0.3 is 0 Å². The minimum absolute atomic E-state index is 0.0121. The number of halogens is 1. The Morgan fingerprint density at radius 2 is 2.19 bits per heavy atom. The monoisotopic (exact) mass is 457 g/mol. The molecule has 0 radical (unpaired) electrons. The van der Waals surface area contributed by atoms with E-state index < -0.39 is 4.92 Å². The number of nitro groups is 1. The van der Waals surface area contributed by atoms with E-state index in [2.05, 4.69) is 15.4 Å². The normalized spacial score (nSPS) is 13.7. The molecule has 0 spiro atoms. The number of amides is 1. The van der Waals surface area contributed by atoms with Crippen LogP contribution in [0.4, 0.5) is 11.4 Å². The predicted molar refractivity (Wildman–Crippen MR) is 119 cm³/mol. The maximum Gasteiger partial charge on any atom is 0.288 e. The highest BCUT2D eigenvalue weighted by Crippen LogP contribution is 2.33. The molecule has 0 atom stereocenters. The summed E-state index contributed by atoms with van der Waals surface area (Å²) in [6, 6.07) is 9.93. The molecule has 31 heavy (non-hydrogen) atoms. The second-order valence-electron chi connectivity index (χ2n) is 6.45. The van der Waals surface area contributed by atoms with Crippen molar-refractivity contribution >= 4 is 46.4 Å². The van der Waals surface area contributed by atoms with E-state index in [9.17, 15) is 14.9 Å². The van der Waals surface area contributed by atoms with Crippen LogP contribution in [0.1, 0.15) is 12.5 Å². The van der Waals surface area contributed by atoms with Gasteiger partial charge in [0.25, 0.3) is 11.6 Å². The Kier molecular flexibility index (Phi) is 5.83. The van der Waals surface area contributed by atoms with Crippen molar-refractivity contribution < 1.29 is 14.5 Å². The molecule has 3 aromatic rings. The predicted octanol–water partition coefficient (Wildman–Crippen LogP) is 3.91. The molecule has 4 rings (SSSR count). The van der Waals surface area contributed by atoms with Crippen LogP contribution in [-0.4, -0.2) is 34.9 Å². The Hall–Kier alpha value is -3.50. The summed E-state index contributed by atoms with van der Waals surface area (Å²) in [6.45, 7) is 2.47. The van der Waals surface area contributed by atoms with Gasteiger partial charge in [0, 0.05) is 29.1 Å². The van der Waals surface area contributed by atoms with E-state index in [0.29, 0.717) is 28.3 Å². The molecule has 11 heteroatoms. The molecule has 9 nitrogen and oxygen atoms in total. The van der Waals surface area contributed by atoms with Gasteiger partial charge in [-0.3, -0.25) is 19.9 Å². The number of benzene rings is 2. The van der Waals surface area contributed by atoms with E-state index in [-0.39, 0.29) is 23.2 Å². The molecule has 158 valence electrons. The van der Waals surface area contributed by atoms with Gasteiger partial charge in [-0.25, -0.2) is 4.68 Å². The number of anilines is 1. The molecular weight excluding hydrogens is 442 g/mol. The van der Waals surface area contributed by atoms with Crippen molar-refractivity contribution in [2.24, 2.45) is 10.1 Å². The fourth-order valence-electron chi connectivity index (χ4n) is 2.97. The molecule has 2 heterocycles. The Bertz CT molecular complexity index is 1280. The maximum absolute atomic E-state index is 11.7. The number of aromatic nitrogens is 1. The van der Waals surface area contributed by atoms with Gasteiger partial charge in [-0.1, -0.05) is 17.7 Å². The smallest absolute Gasteiger partial charge is 0.288 e. The molecule has 0 aliphatic carbocycles. The molecule has 0 fully saturated rings. The lowest BCUT2D eigenvalue weighted by Gasteiger charge is -2.18. The van der Waals surface area contributed by atoms with Gasteiger partial charge in [0.2, 0.25) is 4.80 Å². The van der Waals surface area contributed by atoms with Crippen molar-refractivity contribution in [2.45, 2.75) is 6.92 Å². The zero-order valence-electron chi connectivity index (χ0n) is 16.2. The third-order valence-corrected chi connectivity index (χ3v) is 5.55. The number of carbonyl (C=O) groups excluding carboxylic acids is 1. The Labute approximate surface area is 185 Å². The minimum Gasteiger partial charge on any atom is -0.482 e. The summed E-state index contributed by atoms with van der Waals surface area (Å²) in [7, 11) is 0. The van der Waals surface area contributed by atoms with Crippen molar-refractivity contribution in [3.05, 3.63) is 67.3 Å². The number of carbonyl (C=O) groups is 1. The molecule has 1 aromatic heterocycles.